The van der Waals surface area contributed by atoms with Crippen molar-refractivity contribution in [3.63, 3.8) is 0 Å². The third-order valence-electron chi connectivity index (χ3n) is 2.63. The van der Waals surface area contributed by atoms with Crippen LogP contribution in [0.15, 0.2) is 41.4 Å². The fourth-order valence-corrected chi connectivity index (χ4v) is 2.13. The molecular formula is C12H13BrN4. The van der Waals surface area contributed by atoms with E-state index in [9.17, 15) is 0 Å². The first-order chi connectivity index (χ1) is 8.22. The quantitative estimate of drug-likeness (QED) is 0.672. The van der Waals surface area contributed by atoms with Gasteiger partial charge in [-0.3, -0.25) is 5.84 Å². The van der Waals surface area contributed by atoms with E-state index in [1.807, 2.05) is 18.2 Å². The van der Waals surface area contributed by atoms with Gasteiger partial charge in [0.2, 0.25) is 0 Å². The minimum absolute atomic E-state index is 0.103. The van der Waals surface area contributed by atoms with Gasteiger partial charge in [0.15, 0.2) is 0 Å². The molecule has 2 aromatic rings. The Balaban J connectivity index is 2.46. The highest BCUT2D eigenvalue weighted by Gasteiger charge is 2.15. The number of nitrogens with zero attached hydrogens (tertiary/aromatic N) is 2. The van der Waals surface area contributed by atoms with Gasteiger partial charge >= 0.3 is 0 Å². The molecule has 5 heteroatoms. The van der Waals surface area contributed by atoms with Crippen LogP contribution in [-0.4, -0.2) is 9.97 Å². The molecule has 88 valence electrons. The van der Waals surface area contributed by atoms with Crippen molar-refractivity contribution in [3.8, 4) is 0 Å². The monoisotopic (exact) mass is 292 g/mol. The summed E-state index contributed by atoms with van der Waals surface area (Å²) in [5, 5.41) is 0. The number of aromatic nitrogens is 2. The highest BCUT2D eigenvalue weighted by Crippen LogP contribution is 2.26. The first-order valence-electron chi connectivity index (χ1n) is 5.19. The largest absolute Gasteiger partial charge is 0.271 e. The Bertz CT molecular complexity index is 501. The van der Waals surface area contributed by atoms with Crippen LogP contribution in [0, 0.1) is 6.92 Å². The van der Waals surface area contributed by atoms with Gasteiger partial charge < -0.3 is 0 Å². The summed E-state index contributed by atoms with van der Waals surface area (Å²) in [7, 11) is 0. The molecule has 1 atom stereocenters. The highest BCUT2D eigenvalue weighted by molar-refractivity contribution is 9.10. The summed E-state index contributed by atoms with van der Waals surface area (Å²) in [6.45, 7) is 2.05. The lowest BCUT2D eigenvalue weighted by Crippen LogP contribution is -2.29. The van der Waals surface area contributed by atoms with Gasteiger partial charge in [0.05, 0.1) is 6.04 Å². The molecule has 1 heterocycles. The summed E-state index contributed by atoms with van der Waals surface area (Å²) in [6, 6.07) is 6.00. The topological polar surface area (TPSA) is 63.8 Å². The van der Waals surface area contributed by atoms with Gasteiger partial charge in [-0.05, 0) is 30.2 Å². The Morgan fingerprint density at radius 2 is 2.00 bits per heavy atom. The number of benzene rings is 1. The second-order valence-electron chi connectivity index (χ2n) is 3.77. The Kier molecular flexibility index (Phi) is 3.83. The maximum Gasteiger partial charge on any atom is 0.115 e. The molecule has 0 aliphatic heterocycles. The lowest BCUT2D eigenvalue weighted by atomic mass is 9.97. The fraction of sp³-hybridized carbons (Fsp3) is 0.167. The predicted molar refractivity (Wildman–Crippen MR) is 70.1 cm³/mol. The highest BCUT2D eigenvalue weighted by atomic mass is 79.9. The SMILES string of the molecule is Cc1ccc(Br)cc1C(NN)c1cncnc1. The molecule has 0 aliphatic rings. The maximum atomic E-state index is 5.63. The molecule has 0 bridgehead atoms. The van der Waals surface area contributed by atoms with Gasteiger partial charge in [-0.2, -0.15) is 0 Å². The number of nitrogens with one attached hydrogen (secondary N) is 1. The molecule has 1 aromatic heterocycles. The van der Waals surface area contributed by atoms with Gasteiger partial charge in [-0.25, -0.2) is 15.4 Å². The molecule has 4 nitrogen and oxygen atoms in total. The molecule has 0 spiro atoms. The van der Waals surface area contributed by atoms with Crippen LogP contribution in [0.2, 0.25) is 0 Å². The second-order valence-corrected chi connectivity index (χ2v) is 4.69. The molecule has 3 N–H and O–H groups in total. The average molecular weight is 293 g/mol. The van der Waals surface area contributed by atoms with Crippen LogP contribution in [0.5, 0.6) is 0 Å². The van der Waals surface area contributed by atoms with Crippen LogP contribution < -0.4 is 11.3 Å². The van der Waals surface area contributed by atoms with Crippen molar-refractivity contribution < 1.29 is 0 Å². The number of aryl methyl sites for hydroxylation is 1. The Morgan fingerprint density at radius 1 is 1.29 bits per heavy atom. The molecule has 0 amide bonds. The Hall–Kier alpha value is -1.30. The normalized spacial score (nSPS) is 12.4. The van der Waals surface area contributed by atoms with E-state index in [1.165, 1.54) is 11.9 Å². The van der Waals surface area contributed by atoms with Crippen LogP contribution in [-0.2, 0) is 0 Å². The summed E-state index contributed by atoms with van der Waals surface area (Å²) in [4.78, 5) is 8.03. The van der Waals surface area contributed by atoms with Crippen LogP contribution in [0.4, 0.5) is 0 Å². The number of rotatable bonds is 3. The molecule has 0 radical (unpaired) electrons. The zero-order chi connectivity index (χ0) is 12.3. The molecule has 2 rings (SSSR count). The summed E-state index contributed by atoms with van der Waals surface area (Å²) in [6.07, 6.45) is 5.03. The molecule has 1 unspecified atom stereocenters. The van der Waals surface area contributed by atoms with Crippen molar-refractivity contribution in [1.29, 1.82) is 0 Å². The van der Waals surface area contributed by atoms with Crippen LogP contribution >= 0.6 is 15.9 Å². The zero-order valence-corrected chi connectivity index (χ0v) is 11.0. The van der Waals surface area contributed by atoms with Gasteiger partial charge in [0.1, 0.15) is 6.33 Å². The van der Waals surface area contributed by atoms with Crippen molar-refractivity contribution in [2.45, 2.75) is 13.0 Å². The van der Waals surface area contributed by atoms with Gasteiger partial charge in [0.25, 0.3) is 0 Å². The Morgan fingerprint density at radius 3 is 2.65 bits per heavy atom. The molecule has 0 fully saturated rings. The van der Waals surface area contributed by atoms with Gasteiger partial charge in [-0.15, -0.1) is 0 Å². The number of hydrogen-bond donors (Lipinski definition) is 2. The lowest BCUT2D eigenvalue weighted by Gasteiger charge is -2.18. The number of nitrogens with two attached hydrogens (primary N) is 1. The van der Waals surface area contributed by atoms with E-state index in [4.69, 9.17) is 5.84 Å². The van der Waals surface area contributed by atoms with Crippen molar-refractivity contribution in [1.82, 2.24) is 15.4 Å². The van der Waals surface area contributed by atoms with E-state index >= 15 is 0 Å². The smallest absolute Gasteiger partial charge is 0.115 e. The van der Waals surface area contributed by atoms with Gasteiger partial charge in [0, 0.05) is 22.4 Å². The van der Waals surface area contributed by atoms with E-state index in [0.717, 1.165) is 15.6 Å². The zero-order valence-electron chi connectivity index (χ0n) is 9.39. The van der Waals surface area contributed by atoms with Crippen LogP contribution in [0.25, 0.3) is 0 Å². The van der Waals surface area contributed by atoms with E-state index in [-0.39, 0.29) is 6.04 Å². The van der Waals surface area contributed by atoms with Crippen molar-refractivity contribution >= 4 is 15.9 Å². The number of hydrogen-bond acceptors (Lipinski definition) is 4. The van der Waals surface area contributed by atoms with Crippen molar-refractivity contribution in [2.75, 3.05) is 0 Å². The van der Waals surface area contributed by atoms with Crippen LogP contribution in [0.1, 0.15) is 22.7 Å². The second kappa shape index (κ2) is 5.35. The van der Waals surface area contributed by atoms with E-state index in [1.54, 1.807) is 12.4 Å². The van der Waals surface area contributed by atoms with Crippen molar-refractivity contribution in [3.05, 3.63) is 58.1 Å². The van der Waals surface area contributed by atoms with Gasteiger partial charge in [-0.1, -0.05) is 22.0 Å². The van der Waals surface area contributed by atoms with E-state index in [0.29, 0.717) is 0 Å². The summed E-state index contributed by atoms with van der Waals surface area (Å²) in [5.74, 6) is 5.63. The molecule has 0 saturated heterocycles. The standard InChI is InChI=1S/C12H13BrN4/c1-8-2-3-10(13)4-11(8)12(17-14)9-5-15-7-16-6-9/h2-7,12,17H,14H2,1H3. The van der Waals surface area contributed by atoms with E-state index < -0.39 is 0 Å². The number of halogens is 1. The maximum absolute atomic E-state index is 5.63. The minimum atomic E-state index is -0.103. The summed E-state index contributed by atoms with van der Waals surface area (Å²) >= 11 is 3.47. The lowest BCUT2D eigenvalue weighted by molar-refractivity contribution is 0.628. The van der Waals surface area contributed by atoms with Crippen molar-refractivity contribution in [2.24, 2.45) is 5.84 Å². The Labute approximate surface area is 108 Å². The third-order valence-corrected chi connectivity index (χ3v) is 3.13. The summed E-state index contributed by atoms with van der Waals surface area (Å²) < 4.78 is 1.02. The molecule has 17 heavy (non-hydrogen) atoms. The van der Waals surface area contributed by atoms with Crippen LogP contribution in [0.3, 0.4) is 0 Å². The number of hydrazine groups is 1. The third kappa shape index (κ3) is 2.69. The molecule has 0 saturated carbocycles. The van der Waals surface area contributed by atoms with E-state index in [2.05, 4.69) is 38.2 Å². The molecule has 1 aromatic carbocycles. The minimum Gasteiger partial charge on any atom is -0.271 e. The average Bonchev–Trinajstić information content (AvgIpc) is 2.36. The first kappa shape index (κ1) is 12.2. The molecular weight excluding hydrogens is 280 g/mol. The fourth-order valence-electron chi connectivity index (χ4n) is 1.75. The predicted octanol–water partition coefficient (Wildman–Crippen LogP) is 2.10. The molecule has 0 aliphatic carbocycles. The summed E-state index contributed by atoms with van der Waals surface area (Å²) in [5.41, 5.74) is 6.02. The first-order valence-corrected chi connectivity index (χ1v) is 5.98.